The van der Waals surface area contributed by atoms with Gasteiger partial charge in [0.05, 0.1) is 25.3 Å². The van der Waals surface area contributed by atoms with Gasteiger partial charge in [0.25, 0.3) is 0 Å². The lowest BCUT2D eigenvalue weighted by atomic mass is 10.0. The van der Waals surface area contributed by atoms with Crippen molar-refractivity contribution in [2.75, 3.05) is 13.2 Å². The first-order valence-corrected chi connectivity index (χ1v) is 11.5. The van der Waals surface area contributed by atoms with E-state index in [1.807, 2.05) is 6.92 Å². The largest absolute Gasteiger partial charge is 0.493 e. The Kier molecular flexibility index (Phi) is 7.55. The summed E-state index contributed by atoms with van der Waals surface area (Å²) in [7, 11) is 0. The first kappa shape index (κ1) is 22.2. The smallest absolute Gasteiger partial charge is 0.416 e. The fraction of sp³-hybridized carbons (Fsp3) is 0.407. The maximum Gasteiger partial charge on any atom is 0.416 e. The quantitative estimate of drug-likeness (QED) is 0.222. The number of ether oxygens (including phenoxy) is 2. The number of hydrogen-bond donors (Lipinski definition) is 0. The maximum atomic E-state index is 13.0. The van der Waals surface area contributed by atoms with E-state index in [2.05, 4.69) is 4.98 Å². The van der Waals surface area contributed by atoms with Gasteiger partial charge in [-0.1, -0.05) is 37.3 Å². The molecule has 3 rings (SSSR count). The zero-order valence-electron chi connectivity index (χ0n) is 22.8. The number of benzene rings is 2. The second kappa shape index (κ2) is 11.9. The third-order valence-corrected chi connectivity index (χ3v) is 5.55. The van der Waals surface area contributed by atoms with Crippen LogP contribution in [0.25, 0.3) is 11.4 Å². The SMILES string of the molecule is [2H]C([2H])([2H])c1cnc(-c2ccc(C(F)(F)F)cc2)n1Cc1ccccc1OCCC[C@@H](C)CC(=O)OCC. The number of para-hydroxylation sites is 1. The molecule has 0 fully saturated rings. The average molecular weight is 492 g/mol. The number of carbonyl (C=O) groups is 1. The number of carbonyl (C=O) groups excluding carboxylic acids is 1. The van der Waals surface area contributed by atoms with Crippen molar-refractivity contribution in [3.8, 4) is 17.1 Å². The number of alkyl halides is 3. The molecular formula is C27H31F3N2O3. The highest BCUT2D eigenvalue weighted by Gasteiger charge is 2.30. The van der Waals surface area contributed by atoms with Gasteiger partial charge < -0.3 is 14.0 Å². The van der Waals surface area contributed by atoms with E-state index in [1.54, 1.807) is 31.2 Å². The molecule has 3 aromatic rings. The second-order valence-corrected chi connectivity index (χ2v) is 8.34. The highest BCUT2D eigenvalue weighted by molar-refractivity contribution is 5.69. The Morgan fingerprint density at radius 1 is 1.17 bits per heavy atom. The molecule has 35 heavy (non-hydrogen) atoms. The molecule has 0 aliphatic carbocycles. The summed E-state index contributed by atoms with van der Waals surface area (Å²) in [5.41, 5.74) is 0.229. The highest BCUT2D eigenvalue weighted by atomic mass is 19.4. The molecule has 1 aromatic heterocycles. The molecule has 0 radical (unpaired) electrons. The van der Waals surface area contributed by atoms with Crippen LogP contribution in [0.5, 0.6) is 5.75 Å². The van der Waals surface area contributed by atoms with Gasteiger partial charge in [-0.2, -0.15) is 13.2 Å². The molecule has 2 aromatic carbocycles. The van der Waals surface area contributed by atoms with Crippen molar-refractivity contribution in [2.24, 2.45) is 5.92 Å². The van der Waals surface area contributed by atoms with Gasteiger partial charge >= 0.3 is 12.1 Å². The molecule has 188 valence electrons. The molecule has 0 saturated carbocycles. The minimum atomic E-state index is -4.48. The number of hydrogen-bond acceptors (Lipinski definition) is 4. The van der Waals surface area contributed by atoms with E-state index < -0.39 is 18.6 Å². The van der Waals surface area contributed by atoms with Crippen LogP contribution in [0, 0.1) is 12.8 Å². The van der Waals surface area contributed by atoms with Crippen LogP contribution < -0.4 is 4.74 Å². The van der Waals surface area contributed by atoms with Crippen molar-refractivity contribution >= 4 is 5.97 Å². The van der Waals surface area contributed by atoms with E-state index in [9.17, 15) is 18.0 Å². The number of imidazole rings is 1. The molecule has 0 spiro atoms. The predicted molar refractivity (Wildman–Crippen MR) is 128 cm³/mol. The van der Waals surface area contributed by atoms with E-state index in [0.29, 0.717) is 42.9 Å². The Labute approximate surface area is 208 Å². The number of aromatic nitrogens is 2. The van der Waals surface area contributed by atoms with Gasteiger partial charge in [-0.3, -0.25) is 4.79 Å². The number of nitrogens with zero attached hydrogens (tertiary/aromatic N) is 2. The van der Waals surface area contributed by atoms with Crippen LogP contribution in [-0.4, -0.2) is 28.7 Å². The van der Waals surface area contributed by atoms with Crippen LogP contribution in [0.4, 0.5) is 13.2 Å². The van der Waals surface area contributed by atoms with Gasteiger partial charge in [-0.05, 0) is 50.7 Å². The molecule has 0 bridgehead atoms. The summed E-state index contributed by atoms with van der Waals surface area (Å²) in [6.07, 6.45) is -1.43. The summed E-state index contributed by atoms with van der Waals surface area (Å²) < 4.78 is 75.3. The summed E-state index contributed by atoms with van der Waals surface area (Å²) in [5, 5.41) is 0. The standard InChI is InChI=1S/C27H31F3N2O3/c1-4-34-25(33)16-19(2)8-7-15-35-24-10-6-5-9-22(24)18-32-20(3)17-31-26(32)21-11-13-23(14-12-21)27(28,29)30/h5-6,9-14,17,19H,4,7-8,15-16,18H2,1-3H3/t19-/m1/s1/i3D3. The Hall–Kier alpha value is -3.29. The molecule has 1 atom stereocenters. The first-order valence-electron chi connectivity index (χ1n) is 13.0. The lowest BCUT2D eigenvalue weighted by Gasteiger charge is -2.16. The third kappa shape index (κ3) is 7.34. The molecular weight excluding hydrogens is 457 g/mol. The molecule has 0 amide bonds. The monoisotopic (exact) mass is 491 g/mol. The summed E-state index contributed by atoms with van der Waals surface area (Å²) >= 11 is 0. The van der Waals surface area contributed by atoms with Crippen molar-refractivity contribution in [2.45, 2.75) is 52.7 Å². The Morgan fingerprint density at radius 2 is 1.91 bits per heavy atom. The van der Waals surface area contributed by atoms with Crippen LogP contribution in [0.3, 0.4) is 0 Å². The molecule has 5 nitrogen and oxygen atoms in total. The molecule has 0 N–H and O–H groups in total. The maximum absolute atomic E-state index is 13.0. The molecule has 8 heteroatoms. The van der Waals surface area contributed by atoms with Gasteiger partial charge in [0.1, 0.15) is 11.6 Å². The van der Waals surface area contributed by atoms with Crippen LogP contribution >= 0.6 is 0 Å². The van der Waals surface area contributed by atoms with Crippen molar-refractivity contribution < 1.29 is 31.6 Å². The molecule has 0 saturated heterocycles. The normalized spacial score (nSPS) is 14.0. The van der Waals surface area contributed by atoms with Crippen LogP contribution in [0.15, 0.2) is 54.7 Å². The zero-order valence-corrected chi connectivity index (χ0v) is 19.8. The summed E-state index contributed by atoms with van der Waals surface area (Å²) in [5.74, 6) is 0.731. The Morgan fingerprint density at radius 3 is 2.60 bits per heavy atom. The van der Waals surface area contributed by atoms with E-state index in [1.165, 1.54) is 22.9 Å². The van der Waals surface area contributed by atoms with Gasteiger partial charge in [0.2, 0.25) is 0 Å². The highest BCUT2D eigenvalue weighted by Crippen LogP contribution is 2.31. The molecule has 0 aliphatic rings. The van der Waals surface area contributed by atoms with Gasteiger partial charge in [-0.25, -0.2) is 4.98 Å². The number of halogens is 3. The summed E-state index contributed by atoms with van der Waals surface area (Å²) in [6.45, 7) is 2.11. The topological polar surface area (TPSA) is 53.4 Å². The van der Waals surface area contributed by atoms with Gasteiger partial charge in [0, 0.05) is 33.6 Å². The van der Waals surface area contributed by atoms with Crippen molar-refractivity contribution in [3.05, 3.63) is 71.5 Å². The van der Waals surface area contributed by atoms with Crippen molar-refractivity contribution in [1.29, 1.82) is 0 Å². The fourth-order valence-electron chi connectivity index (χ4n) is 3.74. The Bertz CT molecular complexity index is 1210. The van der Waals surface area contributed by atoms with E-state index in [0.717, 1.165) is 18.6 Å². The molecule has 0 unspecified atom stereocenters. The zero-order chi connectivity index (χ0) is 27.9. The lowest BCUT2D eigenvalue weighted by molar-refractivity contribution is -0.144. The van der Waals surface area contributed by atoms with Crippen LogP contribution in [-0.2, 0) is 22.3 Å². The predicted octanol–water partition coefficient (Wildman–Crippen LogP) is 6.67. The fourth-order valence-corrected chi connectivity index (χ4v) is 3.74. The van der Waals surface area contributed by atoms with Crippen LogP contribution in [0.1, 0.15) is 54.0 Å². The molecule has 0 aliphatic heterocycles. The minimum Gasteiger partial charge on any atom is -0.493 e. The summed E-state index contributed by atoms with van der Waals surface area (Å²) in [4.78, 5) is 15.9. The number of aryl methyl sites for hydroxylation is 1. The van der Waals surface area contributed by atoms with Gasteiger partial charge in [0.15, 0.2) is 0 Å². The average Bonchev–Trinajstić information content (AvgIpc) is 3.26. The van der Waals surface area contributed by atoms with E-state index >= 15 is 0 Å². The van der Waals surface area contributed by atoms with Crippen LogP contribution in [0.2, 0.25) is 0 Å². The first-order chi connectivity index (χ1) is 17.9. The Balaban J connectivity index is 1.78. The van der Waals surface area contributed by atoms with E-state index in [4.69, 9.17) is 13.6 Å². The lowest BCUT2D eigenvalue weighted by Crippen LogP contribution is -2.11. The number of esters is 1. The van der Waals surface area contributed by atoms with Crippen molar-refractivity contribution in [1.82, 2.24) is 9.55 Å². The number of rotatable bonds is 11. The molecule has 1 heterocycles. The summed E-state index contributed by atoms with van der Waals surface area (Å²) in [6, 6.07) is 11.6. The van der Waals surface area contributed by atoms with Gasteiger partial charge in [-0.15, -0.1) is 0 Å². The van der Waals surface area contributed by atoms with Crippen molar-refractivity contribution in [3.63, 3.8) is 0 Å². The third-order valence-electron chi connectivity index (χ3n) is 5.55. The van der Waals surface area contributed by atoms with E-state index in [-0.39, 0.29) is 30.0 Å². The second-order valence-electron chi connectivity index (χ2n) is 8.34. The minimum absolute atomic E-state index is 0.0324.